The van der Waals surface area contributed by atoms with Gasteiger partial charge in [-0.25, -0.2) is 17.7 Å². The Morgan fingerprint density at radius 1 is 1.23 bits per heavy atom. The van der Waals surface area contributed by atoms with Crippen LogP contribution in [0, 0.1) is 6.92 Å². The minimum Gasteiger partial charge on any atom is -0.371 e. The van der Waals surface area contributed by atoms with Gasteiger partial charge in [0.1, 0.15) is 5.82 Å². The van der Waals surface area contributed by atoms with Gasteiger partial charge < -0.3 is 5.11 Å². The average Bonchev–Trinajstić information content (AvgIpc) is 2.73. The number of anilines is 1. The number of sulfonamides is 1. The molecule has 0 aliphatic carbocycles. The standard InChI is InChI=1S/C14H12Br2N2O3S/c1-8-2-4-9(5-3-8)22(20,21)18-13-11(12(16)14(18)19)10(15)6-7-17-13/h2-7,12,14,19H,1H3/t12-,14+/m0/s1. The van der Waals surface area contributed by atoms with E-state index in [1.165, 1.54) is 18.3 Å². The van der Waals surface area contributed by atoms with Crippen molar-refractivity contribution in [3.63, 3.8) is 0 Å². The van der Waals surface area contributed by atoms with E-state index in [0.29, 0.717) is 10.0 Å². The number of aryl methyl sites for hydroxylation is 1. The van der Waals surface area contributed by atoms with Crippen LogP contribution in [0.15, 0.2) is 45.9 Å². The molecule has 1 aliphatic heterocycles. The van der Waals surface area contributed by atoms with Crippen LogP contribution in [0.1, 0.15) is 16.0 Å². The average molecular weight is 448 g/mol. The minimum absolute atomic E-state index is 0.117. The number of alkyl halides is 1. The van der Waals surface area contributed by atoms with E-state index in [-0.39, 0.29) is 10.7 Å². The fraction of sp³-hybridized carbons (Fsp3) is 0.214. The summed E-state index contributed by atoms with van der Waals surface area (Å²) in [4.78, 5) is 3.71. The molecule has 0 spiro atoms. The Morgan fingerprint density at radius 2 is 1.86 bits per heavy atom. The molecular weight excluding hydrogens is 436 g/mol. The Kier molecular flexibility index (Phi) is 4.05. The molecule has 2 heterocycles. The quantitative estimate of drug-likeness (QED) is 0.718. The lowest BCUT2D eigenvalue weighted by molar-refractivity contribution is 0.194. The maximum Gasteiger partial charge on any atom is 0.267 e. The van der Waals surface area contributed by atoms with Gasteiger partial charge in [0.05, 0.1) is 9.72 Å². The van der Waals surface area contributed by atoms with Gasteiger partial charge in [0.25, 0.3) is 10.0 Å². The number of hydrogen-bond donors (Lipinski definition) is 1. The van der Waals surface area contributed by atoms with Gasteiger partial charge in [0.15, 0.2) is 6.23 Å². The van der Waals surface area contributed by atoms with Crippen LogP contribution in [0.5, 0.6) is 0 Å². The summed E-state index contributed by atoms with van der Waals surface area (Å²) in [6.45, 7) is 1.88. The Morgan fingerprint density at radius 3 is 2.50 bits per heavy atom. The fourth-order valence-electron chi connectivity index (χ4n) is 2.34. The molecule has 1 N–H and O–H groups in total. The van der Waals surface area contributed by atoms with Gasteiger partial charge in [-0.3, -0.25) is 0 Å². The summed E-state index contributed by atoms with van der Waals surface area (Å²) >= 11 is 6.72. The molecule has 116 valence electrons. The maximum atomic E-state index is 12.9. The van der Waals surface area contributed by atoms with Crippen LogP contribution in [-0.4, -0.2) is 24.7 Å². The second-order valence-electron chi connectivity index (χ2n) is 4.96. The molecule has 2 atom stereocenters. The smallest absolute Gasteiger partial charge is 0.267 e. The van der Waals surface area contributed by atoms with E-state index in [9.17, 15) is 13.5 Å². The fourth-order valence-corrected chi connectivity index (χ4v) is 5.52. The van der Waals surface area contributed by atoms with Crippen LogP contribution in [0.25, 0.3) is 0 Å². The van der Waals surface area contributed by atoms with E-state index < -0.39 is 21.1 Å². The number of aliphatic hydroxyl groups is 1. The van der Waals surface area contributed by atoms with E-state index >= 15 is 0 Å². The number of rotatable bonds is 2. The van der Waals surface area contributed by atoms with E-state index in [0.717, 1.165) is 9.87 Å². The zero-order valence-corrected chi connectivity index (χ0v) is 15.4. The first-order valence-corrected chi connectivity index (χ1v) is 9.56. The number of fused-ring (bicyclic) bond motifs is 1. The number of nitrogens with zero attached hydrogens (tertiary/aromatic N) is 2. The van der Waals surface area contributed by atoms with Gasteiger partial charge >= 0.3 is 0 Å². The molecule has 0 saturated carbocycles. The summed E-state index contributed by atoms with van der Waals surface area (Å²) in [5, 5.41) is 10.4. The monoisotopic (exact) mass is 446 g/mol. The van der Waals surface area contributed by atoms with Crippen molar-refractivity contribution in [1.29, 1.82) is 0 Å². The predicted molar refractivity (Wildman–Crippen MR) is 90.5 cm³/mol. The van der Waals surface area contributed by atoms with Gasteiger partial charge in [0, 0.05) is 16.2 Å². The molecular formula is C14H12Br2N2O3S. The maximum absolute atomic E-state index is 12.9. The van der Waals surface area contributed by atoms with Crippen molar-refractivity contribution >= 4 is 47.7 Å². The molecule has 8 heteroatoms. The molecule has 1 aromatic heterocycles. The van der Waals surface area contributed by atoms with Crippen LogP contribution in [0.3, 0.4) is 0 Å². The van der Waals surface area contributed by atoms with Gasteiger partial charge in [-0.1, -0.05) is 49.6 Å². The number of benzene rings is 1. The predicted octanol–water partition coefficient (Wildman–Crippen LogP) is 3.12. The highest BCUT2D eigenvalue weighted by Gasteiger charge is 2.45. The lowest BCUT2D eigenvalue weighted by Gasteiger charge is -2.23. The van der Waals surface area contributed by atoms with Crippen LogP contribution in [-0.2, 0) is 10.0 Å². The second-order valence-corrected chi connectivity index (χ2v) is 8.62. The molecule has 1 aromatic carbocycles. The second kappa shape index (κ2) is 5.59. The Bertz CT molecular complexity index is 824. The van der Waals surface area contributed by atoms with Crippen LogP contribution in [0.2, 0.25) is 0 Å². The first-order valence-electron chi connectivity index (χ1n) is 6.41. The van der Waals surface area contributed by atoms with E-state index in [4.69, 9.17) is 0 Å². The molecule has 5 nitrogen and oxygen atoms in total. The summed E-state index contributed by atoms with van der Waals surface area (Å²) in [5.41, 5.74) is 1.58. The molecule has 0 radical (unpaired) electrons. The van der Waals surface area contributed by atoms with Gasteiger partial charge in [0.2, 0.25) is 0 Å². The highest BCUT2D eigenvalue weighted by molar-refractivity contribution is 9.11. The van der Waals surface area contributed by atoms with Gasteiger partial charge in [-0.15, -0.1) is 0 Å². The van der Waals surface area contributed by atoms with E-state index in [2.05, 4.69) is 36.8 Å². The summed E-state index contributed by atoms with van der Waals surface area (Å²) in [6, 6.07) is 8.20. The Labute approximate surface area is 145 Å². The first kappa shape index (κ1) is 15.9. The lowest BCUT2D eigenvalue weighted by atomic mass is 10.2. The lowest BCUT2D eigenvalue weighted by Crippen LogP contribution is -2.38. The van der Waals surface area contributed by atoms with Crippen LogP contribution >= 0.6 is 31.9 Å². The van der Waals surface area contributed by atoms with Crippen molar-refractivity contribution < 1.29 is 13.5 Å². The Balaban J connectivity index is 2.16. The highest BCUT2D eigenvalue weighted by atomic mass is 79.9. The highest BCUT2D eigenvalue weighted by Crippen LogP contribution is 2.47. The molecule has 0 bridgehead atoms. The molecule has 3 rings (SSSR count). The number of hydrogen-bond acceptors (Lipinski definition) is 4. The van der Waals surface area contributed by atoms with Crippen molar-refractivity contribution in [2.24, 2.45) is 0 Å². The number of aromatic nitrogens is 1. The van der Waals surface area contributed by atoms with Crippen molar-refractivity contribution in [1.82, 2.24) is 4.98 Å². The molecule has 2 aromatic rings. The van der Waals surface area contributed by atoms with Crippen LogP contribution in [0.4, 0.5) is 5.82 Å². The van der Waals surface area contributed by atoms with E-state index in [1.807, 2.05) is 6.92 Å². The zero-order chi connectivity index (χ0) is 16.1. The molecule has 22 heavy (non-hydrogen) atoms. The molecule has 1 aliphatic rings. The zero-order valence-electron chi connectivity index (χ0n) is 11.4. The van der Waals surface area contributed by atoms with Crippen molar-refractivity contribution in [2.75, 3.05) is 4.31 Å². The van der Waals surface area contributed by atoms with Crippen molar-refractivity contribution in [3.8, 4) is 0 Å². The number of halogens is 2. The van der Waals surface area contributed by atoms with Gasteiger partial charge in [-0.05, 0) is 25.1 Å². The topological polar surface area (TPSA) is 70.5 Å². The third kappa shape index (κ3) is 2.38. The third-order valence-electron chi connectivity index (χ3n) is 3.48. The third-order valence-corrected chi connectivity index (χ3v) is 6.88. The van der Waals surface area contributed by atoms with Gasteiger partial charge in [-0.2, -0.15) is 0 Å². The Hall–Kier alpha value is -0.960. The summed E-state index contributed by atoms with van der Waals surface area (Å²) < 4.78 is 27.4. The summed E-state index contributed by atoms with van der Waals surface area (Å²) in [5.74, 6) is 0.226. The molecule has 0 fully saturated rings. The minimum atomic E-state index is -3.90. The molecule has 0 saturated heterocycles. The first-order chi connectivity index (χ1) is 10.3. The van der Waals surface area contributed by atoms with Crippen LogP contribution < -0.4 is 4.31 Å². The summed E-state index contributed by atoms with van der Waals surface area (Å²) in [7, 11) is -3.90. The molecule has 0 unspecified atom stereocenters. The normalized spacial score (nSPS) is 21.0. The molecule has 0 amide bonds. The number of aliphatic hydroxyl groups excluding tert-OH is 1. The number of pyridine rings is 1. The van der Waals surface area contributed by atoms with E-state index in [1.54, 1.807) is 18.2 Å². The largest absolute Gasteiger partial charge is 0.371 e. The van der Waals surface area contributed by atoms with Crippen molar-refractivity contribution in [2.45, 2.75) is 22.9 Å². The summed E-state index contributed by atoms with van der Waals surface area (Å²) in [6.07, 6.45) is 0.241. The van der Waals surface area contributed by atoms with Crippen molar-refractivity contribution in [3.05, 3.63) is 52.1 Å². The SMILES string of the molecule is Cc1ccc(S(=O)(=O)N2c3nccc(Br)c3[C@H](Br)[C@H]2O)cc1.